The van der Waals surface area contributed by atoms with Crippen LogP contribution >= 0.6 is 11.6 Å². The minimum atomic E-state index is -0.404. The van der Waals surface area contributed by atoms with E-state index in [1.54, 1.807) is 6.92 Å². The van der Waals surface area contributed by atoms with E-state index in [9.17, 15) is 4.39 Å². The number of hydrogen-bond acceptors (Lipinski definition) is 2. The molecule has 0 aliphatic heterocycles. The van der Waals surface area contributed by atoms with Crippen molar-refractivity contribution in [2.24, 2.45) is 0 Å². The number of allylic oxidation sites excluding steroid dienone is 3. The van der Waals surface area contributed by atoms with Crippen molar-refractivity contribution in [3.8, 4) is 0 Å². The van der Waals surface area contributed by atoms with Gasteiger partial charge in [-0.05, 0) is 30.7 Å². The van der Waals surface area contributed by atoms with Gasteiger partial charge in [-0.25, -0.2) is 4.39 Å². The van der Waals surface area contributed by atoms with Crippen LogP contribution in [0, 0.1) is 5.82 Å². The topological polar surface area (TPSA) is 22.1 Å². The highest BCUT2D eigenvalue weighted by Crippen LogP contribution is 2.16. The molecule has 0 amide bonds. The van der Waals surface area contributed by atoms with Crippen LogP contribution in [0.3, 0.4) is 0 Å². The Morgan fingerprint density at radius 3 is 2.82 bits per heavy atom. The zero-order chi connectivity index (χ0) is 12.8. The number of aromatic nitrogens is 1. The Morgan fingerprint density at radius 1 is 1.59 bits per heavy atom. The second-order valence-electron chi connectivity index (χ2n) is 3.46. The van der Waals surface area contributed by atoms with Crippen LogP contribution in [-0.2, 0) is 11.3 Å². The number of pyridine rings is 1. The van der Waals surface area contributed by atoms with Gasteiger partial charge in [0, 0.05) is 11.2 Å². The SMILES string of the molecule is C=C(Cl)/C=C(/OCc1ncccc1F)C(=C)C. The highest BCUT2D eigenvalue weighted by Gasteiger charge is 2.05. The van der Waals surface area contributed by atoms with E-state index in [0.717, 1.165) is 0 Å². The van der Waals surface area contributed by atoms with E-state index < -0.39 is 5.82 Å². The molecule has 0 radical (unpaired) electrons. The lowest BCUT2D eigenvalue weighted by molar-refractivity contribution is 0.199. The lowest BCUT2D eigenvalue weighted by Gasteiger charge is -2.10. The molecular weight excluding hydrogens is 241 g/mol. The summed E-state index contributed by atoms with van der Waals surface area (Å²) in [7, 11) is 0. The molecule has 0 aliphatic carbocycles. The Morgan fingerprint density at radius 2 is 2.29 bits per heavy atom. The van der Waals surface area contributed by atoms with Crippen molar-refractivity contribution >= 4 is 11.6 Å². The van der Waals surface area contributed by atoms with Crippen LogP contribution in [0.4, 0.5) is 4.39 Å². The highest BCUT2D eigenvalue weighted by atomic mass is 35.5. The summed E-state index contributed by atoms with van der Waals surface area (Å²) < 4.78 is 18.7. The van der Waals surface area contributed by atoms with Gasteiger partial charge in [-0.2, -0.15) is 0 Å². The maximum Gasteiger partial charge on any atom is 0.148 e. The zero-order valence-corrected chi connectivity index (χ0v) is 10.3. The summed E-state index contributed by atoms with van der Waals surface area (Å²) in [5.74, 6) is 0.0633. The highest BCUT2D eigenvalue weighted by molar-refractivity contribution is 6.30. The molecule has 90 valence electrons. The van der Waals surface area contributed by atoms with E-state index in [1.807, 2.05) is 0 Å². The van der Waals surface area contributed by atoms with Crippen molar-refractivity contribution in [1.29, 1.82) is 0 Å². The molecule has 0 aromatic carbocycles. The maximum atomic E-state index is 13.3. The van der Waals surface area contributed by atoms with E-state index in [2.05, 4.69) is 18.1 Å². The Bertz CT molecular complexity index is 468. The Kier molecular flexibility index (Phi) is 4.91. The molecule has 0 aliphatic rings. The summed E-state index contributed by atoms with van der Waals surface area (Å²) >= 11 is 5.65. The average Bonchev–Trinajstić information content (AvgIpc) is 2.25. The van der Waals surface area contributed by atoms with E-state index in [4.69, 9.17) is 16.3 Å². The Hall–Kier alpha value is -1.61. The van der Waals surface area contributed by atoms with E-state index in [1.165, 1.54) is 24.4 Å². The van der Waals surface area contributed by atoms with E-state index in [0.29, 0.717) is 16.4 Å². The maximum absolute atomic E-state index is 13.3. The van der Waals surface area contributed by atoms with Crippen molar-refractivity contribution in [2.45, 2.75) is 13.5 Å². The lowest BCUT2D eigenvalue weighted by Crippen LogP contribution is -2.00. The Labute approximate surface area is 105 Å². The van der Waals surface area contributed by atoms with Crippen LogP contribution in [0.1, 0.15) is 12.6 Å². The molecule has 1 aromatic heterocycles. The van der Waals surface area contributed by atoms with Crippen LogP contribution in [-0.4, -0.2) is 4.98 Å². The number of rotatable bonds is 5. The second kappa shape index (κ2) is 6.21. The third-order valence-corrected chi connectivity index (χ3v) is 2.02. The summed E-state index contributed by atoms with van der Waals surface area (Å²) in [5.41, 5.74) is 0.919. The third kappa shape index (κ3) is 4.41. The monoisotopic (exact) mass is 253 g/mol. The Balaban J connectivity index is 2.75. The molecule has 4 heteroatoms. The molecule has 1 aromatic rings. The first-order valence-corrected chi connectivity index (χ1v) is 5.32. The van der Waals surface area contributed by atoms with Crippen molar-refractivity contribution in [3.63, 3.8) is 0 Å². The van der Waals surface area contributed by atoms with Gasteiger partial charge in [-0.15, -0.1) is 0 Å². The van der Waals surface area contributed by atoms with Crippen molar-refractivity contribution in [3.05, 3.63) is 65.4 Å². The molecular formula is C13H13ClFNO. The standard InChI is InChI=1S/C13H13ClFNO/c1-9(2)13(7-10(3)14)17-8-12-11(15)5-4-6-16-12/h4-7H,1,3,8H2,2H3/b13-7+. The van der Waals surface area contributed by atoms with Gasteiger partial charge in [0.25, 0.3) is 0 Å². The summed E-state index contributed by atoms with van der Waals surface area (Å²) in [6, 6.07) is 2.85. The number of halogens is 2. The summed E-state index contributed by atoms with van der Waals surface area (Å²) in [6.07, 6.45) is 3.04. The fourth-order valence-corrected chi connectivity index (χ4v) is 1.20. The van der Waals surface area contributed by atoms with Crippen molar-refractivity contribution in [1.82, 2.24) is 4.98 Å². The van der Waals surface area contributed by atoms with Gasteiger partial charge >= 0.3 is 0 Å². The van der Waals surface area contributed by atoms with Crippen LogP contribution in [0.15, 0.2) is 53.9 Å². The fourth-order valence-electron chi connectivity index (χ4n) is 1.10. The first-order valence-electron chi connectivity index (χ1n) is 4.95. The predicted molar refractivity (Wildman–Crippen MR) is 66.9 cm³/mol. The minimum Gasteiger partial charge on any atom is -0.487 e. The molecule has 0 atom stereocenters. The van der Waals surface area contributed by atoms with Crippen LogP contribution in [0.5, 0.6) is 0 Å². The first kappa shape index (κ1) is 13.5. The molecule has 0 fully saturated rings. The predicted octanol–water partition coefficient (Wildman–Crippen LogP) is 3.95. The fraction of sp³-hybridized carbons (Fsp3) is 0.154. The molecule has 17 heavy (non-hydrogen) atoms. The zero-order valence-electron chi connectivity index (χ0n) is 9.54. The minimum absolute atomic E-state index is 0.0233. The summed E-state index contributed by atoms with van der Waals surface area (Å²) in [5, 5.41) is 0.324. The largest absolute Gasteiger partial charge is 0.487 e. The third-order valence-electron chi connectivity index (χ3n) is 1.91. The molecule has 1 heterocycles. The molecule has 0 saturated carbocycles. The van der Waals surface area contributed by atoms with E-state index >= 15 is 0 Å². The number of hydrogen-bond donors (Lipinski definition) is 0. The van der Waals surface area contributed by atoms with Crippen LogP contribution < -0.4 is 0 Å². The van der Waals surface area contributed by atoms with E-state index in [-0.39, 0.29) is 12.3 Å². The van der Waals surface area contributed by atoms with Crippen LogP contribution in [0.2, 0.25) is 0 Å². The van der Waals surface area contributed by atoms with Gasteiger partial charge in [0.1, 0.15) is 23.9 Å². The quantitative estimate of drug-likeness (QED) is 0.586. The van der Waals surface area contributed by atoms with Gasteiger partial charge in [-0.3, -0.25) is 4.98 Å². The van der Waals surface area contributed by atoms with Gasteiger partial charge in [0.05, 0.1) is 0 Å². The first-order chi connectivity index (χ1) is 8.00. The molecule has 2 nitrogen and oxygen atoms in total. The molecule has 0 bridgehead atoms. The number of nitrogens with zero attached hydrogens (tertiary/aromatic N) is 1. The lowest BCUT2D eigenvalue weighted by atomic mass is 10.2. The normalized spacial score (nSPS) is 11.1. The second-order valence-corrected chi connectivity index (χ2v) is 3.94. The van der Waals surface area contributed by atoms with Gasteiger partial charge in [0.15, 0.2) is 0 Å². The molecule has 0 spiro atoms. The average molecular weight is 254 g/mol. The van der Waals surface area contributed by atoms with Gasteiger partial charge < -0.3 is 4.74 Å². The smallest absolute Gasteiger partial charge is 0.148 e. The van der Waals surface area contributed by atoms with Crippen molar-refractivity contribution in [2.75, 3.05) is 0 Å². The number of ether oxygens (including phenoxy) is 1. The summed E-state index contributed by atoms with van der Waals surface area (Å²) in [4.78, 5) is 3.88. The molecule has 0 saturated heterocycles. The molecule has 0 N–H and O–H groups in total. The molecule has 1 rings (SSSR count). The van der Waals surface area contributed by atoms with Crippen molar-refractivity contribution < 1.29 is 9.13 Å². The summed E-state index contributed by atoms with van der Waals surface area (Å²) in [6.45, 7) is 9.05. The van der Waals surface area contributed by atoms with Gasteiger partial charge in [-0.1, -0.05) is 24.8 Å². The van der Waals surface area contributed by atoms with Gasteiger partial charge in [0.2, 0.25) is 0 Å². The van der Waals surface area contributed by atoms with Crippen LogP contribution in [0.25, 0.3) is 0 Å². The molecule has 0 unspecified atom stereocenters.